The van der Waals surface area contributed by atoms with Crippen LogP contribution < -0.4 is 10.2 Å². The zero-order valence-corrected chi connectivity index (χ0v) is 23.7. The Morgan fingerprint density at radius 1 is 1.15 bits per heavy atom. The summed E-state index contributed by atoms with van der Waals surface area (Å²) in [5, 5.41) is 14.2. The van der Waals surface area contributed by atoms with Crippen molar-refractivity contribution in [3.8, 4) is 0 Å². The predicted molar refractivity (Wildman–Crippen MR) is 155 cm³/mol. The van der Waals surface area contributed by atoms with E-state index in [1.165, 1.54) is 4.90 Å². The van der Waals surface area contributed by atoms with E-state index in [4.69, 9.17) is 0 Å². The lowest BCUT2D eigenvalue weighted by atomic mass is 9.94. The summed E-state index contributed by atoms with van der Waals surface area (Å²) in [4.78, 5) is 44.5. The van der Waals surface area contributed by atoms with Gasteiger partial charge in [-0.05, 0) is 82.5 Å². The molecular formula is C31H37N3O4S. The van der Waals surface area contributed by atoms with Crippen molar-refractivity contribution in [2.75, 3.05) is 18.0 Å². The molecule has 1 saturated heterocycles. The van der Waals surface area contributed by atoms with E-state index < -0.39 is 5.60 Å². The molecule has 0 unspecified atom stereocenters. The van der Waals surface area contributed by atoms with Crippen molar-refractivity contribution in [3.63, 3.8) is 0 Å². The van der Waals surface area contributed by atoms with E-state index in [9.17, 15) is 19.5 Å². The van der Waals surface area contributed by atoms with E-state index in [1.54, 1.807) is 31.3 Å². The van der Waals surface area contributed by atoms with Crippen LogP contribution in [0.15, 0.2) is 48.5 Å². The SMILES string of the molecule is C[C@@H](CCCC(C)(C)O)NC(=O)[C@@H]1CCCN(c2cccc3c2C(=O)N(Cc2cc4ccccc4s2)C3=O)C1. The van der Waals surface area contributed by atoms with Crippen molar-refractivity contribution < 1.29 is 19.5 Å². The number of rotatable bonds is 9. The molecule has 206 valence electrons. The van der Waals surface area contributed by atoms with Crippen LogP contribution >= 0.6 is 11.3 Å². The molecule has 3 aromatic rings. The van der Waals surface area contributed by atoms with Crippen molar-refractivity contribution in [2.45, 2.75) is 71.1 Å². The van der Waals surface area contributed by atoms with Gasteiger partial charge in [-0.2, -0.15) is 0 Å². The van der Waals surface area contributed by atoms with Crippen LogP contribution in [0.25, 0.3) is 10.1 Å². The van der Waals surface area contributed by atoms with Crippen molar-refractivity contribution in [1.82, 2.24) is 10.2 Å². The minimum atomic E-state index is -0.699. The Hall–Kier alpha value is -3.23. The maximum atomic E-state index is 13.6. The molecule has 0 bridgehead atoms. The Kier molecular flexibility index (Phi) is 7.78. The number of hydrogen-bond acceptors (Lipinski definition) is 6. The van der Waals surface area contributed by atoms with E-state index in [2.05, 4.69) is 10.2 Å². The molecule has 2 N–H and O–H groups in total. The zero-order valence-electron chi connectivity index (χ0n) is 22.9. The number of nitrogens with one attached hydrogen (secondary N) is 1. The molecule has 1 fully saturated rings. The van der Waals surface area contributed by atoms with Gasteiger partial charge in [-0.15, -0.1) is 11.3 Å². The number of anilines is 1. The third-order valence-electron chi connectivity index (χ3n) is 7.71. The summed E-state index contributed by atoms with van der Waals surface area (Å²) >= 11 is 1.60. The van der Waals surface area contributed by atoms with Crippen LogP contribution in [0.5, 0.6) is 0 Å². The number of carbonyl (C=O) groups excluding carboxylic acids is 3. The molecule has 3 amide bonds. The number of imide groups is 1. The highest BCUT2D eigenvalue weighted by molar-refractivity contribution is 7.19. The summed E-state index contributed by atoms with van der Waals surface area (Å²) in [6.45, 7) is 7.10. The largest absolute Gasteiger partial charge is 0.390 e. The average molecular weight is 548 g/mol. The molecule has 39 heavy (non-hydrogen) atoms. The smallest absolute Gasteiger partial charge is 0.264 e. The number of benzene rings is 2. The Morgan fingerprint density at radius 3 is 2.72 bits per heavy atom. The number of piperidine rings is 1. The molecule has 0 radical (unpaired) electrons. The first-order chi connectivity index (χ1) is 18.6. The number of thiophene rings is 1. The highest BCUT2D eigenvalue weighted by Gasteiger charge is 2.39. The van der Waals surface area contributed by atoms with Gasteiger partial charge in [0.2, 0.25) is 5.91 Å². The Labute approximate surface area is 233 Å². The van der Waals surface area contributed by atoms with Crippen LogP contribution in [0.1, 0.15) is 78.5 Å². The van der Waals surface area contributed by atoms with E-state index >= 15 is 0 Å². The minimum Gasteiger partial charge on any atom is -0.390 e. The molecule has 5 rings (SSSR count). The highest BCUT2D eigenvalue weighted by atomic mass is 32.1. The summed E-state index contributed by atoms with van der Waals surface area (Å²) < 4.78 is 1.13. The molecule has 2 atom stereocenters. The van der Waals surface area contributed by atoms with Crippen LogP contribution in [0, 0.1) is 5.92 Å². The first-order valence-corrected chi connectivity index (χ1v) is 14.7. The average Bonchev–Trinajstić information content (AvgIpc) is 3.42. The van der Waals surface area contributed by atoms with Gasteiger partial charge in [0.15, 0.2) is 0 Å². The molecule has 7 nitrogen and oxygen atoms in total. The lowest BCUT2D eigenvalue weighted by molar-refractivity contribution is -0.125. The number of fused-ring (bicyclic) bond motifs is 2. The third-order valence-corrected chi connectivity index (χ3v) is 8.82. The highest BCUT2D eigenvalue weighted by Crippen LogP contribution is 2.36. The number of hydrogen-bond donors (Lipinski definition) is 2. The fraction of sp³-hybridized carbons (Fsp3) is 0.452. The second-order valence-corrected chi connectivity index (χ2v) is 12.7. The summed E-state index contributed by atoms with van der Waals surface area (Å²) in [7, 11) is 0. The number of nitrogens with zero attached hydrogens (tertiary/aromatic N) is 2. The minimum absolute atomic E-state index is 0.0248. The van der Waals surface area contributed by atoms with Gasteiger partial charge < -0.3 is 15.3 Å². The number of aliphatic hydroxyl groups is 1. The van der Waals surface area contributed by atoms with Crippen LogP contribution in [-0.4, -0.2) is 52.5 Å². The van der Waals surface area contributed by atoms with Gasteiger partial charge in [0.1, 0.15) is 0 Å². The zero-order chi connectivity index (χ0) is 27.7. The van der Waals surface area contributed by atoms with Crippen molar-refractivity contribution in [1.29, 1.82) is 0 Å². The third kappa shape index (κ3) is 6.02. The van der Waals surface area contributed by atoms with Crippen molar-refractivity contribution >= 4 is 44.8 Å². The van der Waals surface area contributed by atoms with Gasteiger partial charge in [-0.1, -0.05) is 24.3 Å². The molecule has 2 aliphatic heterocycles. The predicted octanol–water partition coefficient (Wildman–Crippen LogP) is 5.36. The lowest BCUT2D eigenvalue weighted by Gasteiger charge is -2.35. The second kappa shape index (κ2) is 11.1. The molecule has 2 aromatic carbocycles. The molecule has 2 aliphatic rings. The quantitative estimate of drug-likeness (QED) is 0.352. The molecule has 0 spiro atoms. The van der Waals surface area contributed by atoms with Crippen LogP contribution in [-0.2, 0) is 11.3 Å². The van der Waals surface area contributed by atoms with Crippen molar-refractivity contribution in [2.24, 2.45) is 5.92 Å². The fourth-order valence-electron chi connectivity index (χ4n) is 5.68. The van der Waals surface area contributed by atoms with Gasteiger partial charge in [0.25, 0.3) is 11.8 Å². The maximum absolute atomic E-state index is 13.6. The number of carbonyl (C=O) groups is 3. The van der Waals surface area contributed by atoms with Gasteiger partial charge in [-0.3, -0.25) is 19.3 Å². The normalized spacial score (nSPS) is 18.5. The van der Waals surface area contributed by atoms with Gasteiger partial charge >= 0.3 is 0 Å². The molecule has 3 heterocycles. The van der Waals surface area contributed by atoms with Crippen LogP contribution in [0.3, 0.4) is 0 Å². The van der Waals surface area contributed by atoms with E-state index in [0.29, 0.717) is 24.1 Å². The molecule has 0 aliphatic carbocycles. The van der Waals surface area contributed by atoms with E-state index in [1.807, 2.05) is 49.4 Å². The van der Waals surface area contributed by atoms with Crippen molar-refractivity contribution in [3.05, 3.63) is 64.5 Å². The Balaban J connectivity index is 1.27. The maximum Gasteiger partial charge on any atom is 0.264 e. The Bertz CT molecular complexity index is 1360. The van der Waals surface area contributed by atoms with Gasteiger partial charge in [-0.25, -0.2) is 0 Å². The molecule has 0 saturated carbocycles. The second-order valence-electron chi connectivity index (χ2n) is 11.5. The Morgan fingerprint density at radius 2 is 1.95 bits per heavy atom. The lowest BCUT2D eigenvalue weighted by Crippen LogP contribution is -2.45. The van der Waals surface area contributed by atoms with Crippen LogP contribution in [0.4, 0.5) is 5.69 Å². The molecule has 8 heteroatoms. The van der Waals surface area contributed by atoms with Gasteiger partial charge in [0, 0.05) is 28.7 Å². The fourth-order valence-corrected chi connectivity index (χ4v) is 6.73. The first-order valence-electron chi connectivity index (χ1n) is 13.8. The summed E-state index contributed by atoms with van der Waals surface area (Å²) in [5.41, 5.74) is 0.922. The molecule has 1 aromatic heterocycles. The first kappa shape index (κ1) is 27.3. The van der Waals surface area contributed by atoms with E-state index in [-0.39, 0.29) is 36.2 Å². The standard InChI is InChI=1S/C31H37N3O4S/c1-20(9-7-15-31(2,3)38)32-28(35)22-11-8-16-33(18-22)25-13-6-12-24-27(25)30(37)34(29(24)36)19-23-17-21-10-4-5-14-26(21)39-23/h4-6,10,12-14,17,20,22,38H,7-9,11,15-16,18-19H2,1-3H3,(H,32,35)/t20-,22+/m0/s1. The van der Waals surface area contributed by atoms with Gasteiger partial charge in [0.05, 0.1) is 34.9 Å². The van der Waals surface area contributed by atoms with E-state index in [0.717, 1.165) is 52.9 Å². The monoisotopic (exact) mass is 547 g/mol. The summed E-state index contributed by atoms with van der Waals surface area (Å²) in [6.07, 6.45) is 3.97. The number of amides is 3. The summed E-state index contributed by atoms with van der Waals surface area (Å²) in [6, 6.07) is 15.6. The van der Waals surface area contributed by atoms with Crippen LogP contribution in [0.2, 0.25) is 0 Å². The molecular weight excluding hydrogens is 510 g/mol. The topological polar surface area (TPSA) is 89.9 Å². The summed E-state index contributed by atoms with van der Waals surface area (Å²) in [5.74, 6) is -0.694.